The van der Waals surface area contributed by atoms with Gasteiger partial charge in [-0.05, 0) is 48.5 Å². The normalized spacial score (nSPS) is 10.3. The largest absolute Gasteiger partial charge is 0.399 e. The van der Waals surface area contributed by atoms with Crippen molar-refractivity contribution < 1.29 is 0 Å². The summed E-state index contributed by atoms with van der Waals surface area (Å²) in [6.07, 6.45) is 0. The average Bonchev–Trinajstić information content (AvgIpc) is 2.52. The zero-order chi connectivity index (χ0) is 14.5. The molecule has 0 heterocycles. The molecule has 2 nitrogen and oxygen atoms in total. The summed E-state index contributed by atoms with van der Waals surface area (Å²) < 4.78 is 0. The quantitative estimate of drug-likeness (QED) is 0.652. The molecule has 3 rings (SSSR count). The van der Waals surface area contributed by atoms with Crippen LogP contribution in [-0.4, -0.2) is 0 Å². The van der Waals surface area contributed by atoms with Crippen molar-refractivity contribution in [3.05, 3.63) is 78.9 Å². The second-order valence-corrected chi connectivity index (χ2v) is 5.77. The van der Waals surface area contributed by atoms with Crippen LogP contribution in [0.4, 0.5) is 17.1 Å². The molecule has 0 spiro atoms. The minimum absolute atomic E-state index is 0.771. The molecule has 3 heteroatoms. The first kappa shape index (κ1) is 13.6. The smallest absolute Gasteiger partial charge is 0.0526 e. The SMILES string of the molecule is Nc1ccc(Nc2ccccc2Sc2ccccc2)cc1. The van der Waals surface area contributed by atoms with Crippen LogP contribution in [-0.2, 0) is 0 Å². The summed E-state index contributed by atoms with van der Waals surface area (Å²) in [7, 11) is 0. The number of benzene rings is 3. The second-order valence-electron chi connectivity index (χ2n) is 4.66. The van der Waals surface area contributed by atoms with Crippen molar-refractivity contribution in [2.24, 2.45) is 0 Å². The highest BCUT2D eigenvalue weighted by molar-refractivity contribution is 7.99. The van der Waals surface area contributed by atoms with Crippen LogP contribution in [0.2, 0.25) is 0 Å². The zero-order valence-corrected chi connectivity index (χ0v) is 12.3. The van der Waals surface area contributed by atoms with Gasteiger partial charge in [0.25, 0.3) is 0 Å². The van der Waals surface area contributed by atoms with Crippen molar-refractivity contribution in [1.82, 2.24) is 0 Å². The maximum absolute atomic E-state index is 5.72. The van der Waals surface area contributed by atoms with Gasteiger partial charge in [0.05, 0.1) is 5.69 Å². The van der Waals surface area contributed by atoms with Crippen molar-refractivity contribution in [3.8, 4) is 0 Å². The number of rotatable bonds is 4. The Bertz CT molecular complexity index is 709. The van der Waals surface area contributed by atoms with Crippen molar-refractivity contribution in [3.63, 3.8) is 0 Å². The molecule has 0 aliphatic carbocycles. The summed E-state index contributed by atoms with van der Waals surface area (Å²) in [6, 6.07) is 26.4. The van der Waals surface area contributed by atoms with Gasteiger partial charge in [-0.25, -0.2) is 0 Å². The third-order valence-electron chi connectivity index (χ3n) is 3.05. The number of hydrogen-bond donors (Lipinski definition) is 2. The highest BCUT2D eigenvalue weighted by atomic mass is 32.2. The van der Waals surface area contributed by atoms with Crippen LogP contribution < -0.4 is 11.1 Å². The molecule has 0 aliphatic rings. The molecule has 0 amide bonds. The molecule has 3 aromatic rings. The van der Waals surface area contributed by atoms with E-state index in [2.05, 4.69) is 47.8 Å². The fourth-order valence-corrected chi connectivity index (χ4v) is 2.92. The molecule has 21 heavy (non-hydrogen) atoms. The number of para-hydroxylation sites is 1. The molecule has 0 bridgehead atoms. The van der Waals surface area contributed by atoms with Gasteiger partial charge in [0.1, 0.15) is 0 Å². The van der Waals surface area contributed by atoms with Crippen LogP contribution in [0.5, 0.6) is 0 Å². The maximum atomic E-state index is 5.72. The van der Waals surface area contributed by atoms with Crippen LogP contribution in [0.15, 0.2) is 88.7 Å². The number of nitrogens with two attached hydrogens (primary N) is 1. The van der Waals surface area contributed by atoms with Crippen molar-refractivity contribution in [1.29, 1.82) is 0 Å². The van der Waals surface area contributed by atoms with Crippen molar-refractivity contribution >= 4 is 28.8 Å². The highest BCUT2D eigenvalue weighted by Gasteiger charge is 2.04. The Labute approximate surface area is 129 Å². The van der Waals surface area contributed by atoms with E-state index in [0.717, 1.165) is 17.1 Å². The average molecular weight is 292 g/mol. The topological polar surface area (TPSA) is 38.0 Å². The van der Waals surface area contributed by atoms with Crippen LogP contribution in [0.25, 0.3) is 0 Å². The van der Waals surface area contributed by atoms with E-state index in [1.807, 2.05) is 36.4 Å². The summed E-state index contributed by atoms with van der Waals surface area (Å²) >= 11 is 1.75. The molecule has 0 aromatic heterocycles. The first-order chi connectivity index (χ1) is 10.3. The summed E-state index contributed by atoms with van der Waals surface area (Å²) in [5, 5.41) is 3.44. The third kappa shape index (κ3) is 3.58. The van der Waals surface area contributed by atoms with Gasteiger partial charge in [-0.1, -0.05) is 42.1 Å². The summed E-state index contributed by atoms with van der Waals surface area (Å²) in [5.74, 6) is 0. The summed E-state index contributed by atoms with van der Waals surface area (Å²) in [5.41, 5.74) is 8.62. The number of hydrogen-bond acceptors (Lipinski definition) is 3. The highest BCUT2D eigenvalue weighted by Crippen LogP contribution is 2.34. The van der Waals surface area contributed by atoms with Crippen molar-refractivity contribution in [2.45, 2.75) is 9.79 Å². The Morgan fingerprint density at radius 3 is 2.14 bits per heavy atom. The van der Waals surface area contributed by atoms with E-state index in [-0.39, 0.29) is 0 Å². The van der Waals surface area contributed by atoms with Gasteiger partial charge >= 0.3 is 0 Å². The van der Waals surface area contributed by atoms with Gasteiger partial charge in [0.2, 0.25) is 0 Å². The van der Waals surface area contributed by atoms with E-state index in [4.69, 9.17) is 5.73 Å². The predicted molar refractivity (Wildman–Crippen MR) is 91.1 cm³/mol. The molecule has 0 aliphatic heterocycles. The van der Waals surface area contributed by atoms with E-state index in [0.29, 0.717) is 0 Å². The molecule has 0 unspecified atom stereocenters. The molecular weight excluding hydrogens is 276 g/mol. The Hall–Kier alpha value is -2.39. The van der Waals surface area contributed by atoms with E-state index in [9.17, 15) is 0 Å². The van der Waals surface area contributed by atoms with E-state index in [1.54, 1.807) is 11.8 Å². The maximum Gasteiger partial charge on any atom is 0.0526 e. The van der Waals surface area contributed by atoms with Gasteiger partial charge in [0, 0.05) is 21.2 Å². The van der Waals surface area contributed by atoms with Crippen LogP contribution in [0.1, 0.15) is 0 Å². The van der Waals surface area contributed by atoms with Crippen LogP contribution in [0, 0.1) is 0 Å². The molecule has 3 N–H and O–H groups in total. The first-order valence-electron chi connectivity index (χ1n) is 6.76. The third-order valence-corrected chi connectivity index (χ3v) is 4.13. The first-order valence-corrected chi connectivity index (χ1v) is 7.57. The van der Waals surface area contributed by atoms with Gasteiger partial charge in [-0.15, -0.1) is 0 Å². The molecule has 0 fully saturated rings. The molecule has 3 aromatic carbocycles. The Morgan fingerprint density at radius 2 is 1.38 bits per heavy atom. The van der Waals surface area contributed by atoms with Gasteiger partial charge in [0.15, 0.2) is 0 Å². The summed E-state index contributed by atoms with van der Waals surface area (Å²) in [6.45, 7) is 0. The Morgan fingerprint density at radius 1 is 0.714 bits per heavy atom. The molecule has 0 radical (unpaired) electrons. The van der Waals surface area contributed by atoms with Gasteiger partial charge in [-0.3, -0.25) is 0 Å². The van der Waals surface area contributed by atoms with Crippen LogP contribution in [0.3, 0.4) is 0 Å². The predicted octanol–water partition coefficient (Wildman–Crippen LogP) is 5.16. The Kier molecular flexibility index (Phi) is 4.12. The lowest BCUT2D eigenvalue weighted by molar-refractivity contribution is 1.38. The standard InChI is InChI=1S/C18H16N2S/c19-14-10-12-15(13-11-14)20-17-8-4-5-9-18(17)21-16-6-2-1-3-7-16/h1-13,20H,19H2. The van der Waals surface area contributed by atoms with E-state index < -0.39 is 0 Å². The van der Waals surface area contributed by atoms with Crippen LogP contribution >= 0.6 is 11.8 Å². The van der Waals surface area contributed by atoms with Gasteiger partial charge in [-0.2, -0.15) is 0 Å². The number of nitrogen functional groups attached to an aromatic ring is 1. The number of nitrogens with one attached hydrogen (secondary N) is 1. The van der Waals surface area contributed by atoms with Gasteiger partial charge < -0.3 is 11.1 Å². The minimum Gasteiger partial charge on any atom is -0.399 e. The molecule has 104 valence electrons. The number of anilines is 3. The monoisotopic (exact) mass is 292 g/mol. The Balaban J connectivity index is 1.84. The second kappa shape index (κ2) is 6.37. The molecule has 0 atom stereocenters. The fraction of sp³-hybridized carbons (Fsp3) is 0. The fourth-order valence-electron chi connectivity index (χ4n) is 2.00. The zero-order valence-electron chi connectivity index (χ0n) is 11.5. The minimum atomic E-state index is 0.771. The molecule has 0 saturated heterocycles. The lowest BCUT2D eigenvalue weighted by Gasteiger charge is -2.12. The van der Waals surface area contributed by atoms with E-state index >= 15 is 0 Å². The van der Waals surface area contributed by atoms with Crippen molar-refractivity contribution in [2.75, 3.05) is 11.1 Å². The molecule has 0 saturated carbocycles. The van der Waals surface area contributed by atoms with E-state index in [1.165, 1.54) is 9.79 Å². The summed E-state index contributed by atoms with van der Waals surface area (Å²) in [4.78, 5) is 2.42. The lowest BCUT2D eigenvalue weighted by Crippen LogP contribution is -1.93. The lowest BCUT2D eigenvalue weighted by atomic mass is 10.2. The molecular formula is C18H16N2S.